The van der Waals surface area contributed by atoms with E-state index in [-0.39, 0.29) is 0 Å². The standard InChI is InChI=1S/C10H12F4N6O3P/c11-9(12,7-15-5-17-19-7)1-3-22-24(21)23-4-2-10(13,14)8-16-6-18-20-8/h5-6H,1-4H2,(H,15,17,19)(H,16,18,20)/q+1. The molecule has 2 N–H and O–H groups in total. The minimum Gasteiger partial charge on any atom is -0.258 e. The Bertz CT molecular complexity index is 585. The van der Waals surface area contributed by atoms with Gasteiger partial charge in [-0.1, -0.05) is 0 Å². The van der Waals surface area contributed by atoms with Crippen LogP contribution in [0.2, 0.25) is 0 Å². The van der Waals surface area contributed by atoms with Crippen molar-refractivity contribution in [3.05, 3.63) is 24.3 Å². The molecule has 14 heteroatoms. The molecule has 132 valence electrons. The topological polar surface area (TPSA) is 119 Å². The number of aromatic nitrogens is 6. The van der Waals surface area contributed by atoms with Crippen LogP contribution in [0.15, 0.2) is 12.7 Å². The zero-order chi connectivity index (χ0) is 17.6. The van der Waals surface area contributed by atoms with Crippen LogP contribution in [-0.4, -0.2) is 43.6 Å². The van der Waals surface area contributed by atoms with Gasteiger partial charge in [-0.05, 0) is 0 Å². The average molecular weight is 371 g/mol. The fraction of sp³-hybridized carbons (Fsp3) is 0.600. The first-order chi connectivity index (χ1) is 11.3. The highest BCUT2D eigenvalue weighted by atomic mass is 31.1. The van der Waals surface area contributed by atoms with E-state index < -0.39 is 57.8 Å². The lowest BCUT2D eigenvalue weighted by Crippen LogP contribution is -2.18. The number of rotatable bonds is 10. The molecule has 0 saturated heterocycles. The molecule has 0 aromatic carbocycles. The summed E-state index contributed by atoms with van der Waals surface area (Å²) in [6, 6.07) is 0. The van der Waals surface area contributed by atoms with Crippen LogP contribution in [-0.2, 0) is 25.5 Å². The van der Waals surface area contributed by atoms with Gasteiger partial charge in [0.05, 0.1) is 0 Å². The normalized spacial score (nSPS) is 12.5. The van der Waals surface area contributed by atoms with E-state index in [9.17, 15) is 22.1 Å². The van der Waals surface area contributed by atoms with Crippen molar-refractivity contribution in [3.8, 4) is 0 Å². The summed E-state index contributed by atoms with van der Waals surface area (Å²) in [5.74, 6) is -8.03. The summed E-state index contributed by atoms with van der Waals surface area (Å²) < 4.78 is 74.6. The second-order valence-electron chi connectivity index (χ2n) is 4.47. The summed E-state index contributed by atoms with van der Waals surface area (Å²) >= 11 is 0. The van der Waals surface area contributed by atoms with Gasteiger partial charge in [-0.3, -0.25) is 10.2 Å². The molecule has 0 atom stereocenters. The SMILES string of the molecule is O=[P+](OCCC(F)(F)c1ncn[nH]1)OCCC(F)(F)c1ncn[nH]1. The van der Waals surface area contributed by atoms with Crippen LogP contribution in [0.5, 0.6) is 0 Å². The third-order valence-electron chi connectivity index (χ3n) is 2.75. The van der Waals surface area contributed by atoms with Crippen LogP contribution in [0.1, 0.15) is 24.5 Å². The lowest BCUT2D eigenvalue weighted by Gasteiger charge is -2.11. The maximum absolute atomic E-state index is 13.5. The van der Waals surface area contributed by atoms with Crippen molar-refractivity contribution in [1.29, 1.82) is 0 Å². The van der Waals surface area contributed by atoms with Crippen molar-refractivity contribution in [2.24, 2.45) is 0 Å². The molecular weight excluding hydrogens is 359 g/mol. The van der Waals surface area contributed by atoms with Crippen LogP contribution in [0.25, 0.3) is 0 Å². The van der Waals surface area contributed by atoms with Gasteiger partial charge in [0, 0.05) is 17.4 Å². The molecular formula is C10H12F4N6O3P+. The van der Waals surface area contributed by atoms with Gasteiger partial charge in [-0.15, -0.1) is 9.05 Å². The van der Waals surface area contributed by atoms with Crippen molar-refractivity contribution in [1.82, 2.24) is 30.4 Å². The van der Waals surface area contributed by atoms with E-state index in [2.05, 4.69) is 29.2 Å². The molecule has 24 heavy (non-hydrogen) atoms. The number of halogens is 4. The zero-order valence-corrected chi connectivity index (χ0v) is 12.9. The van der Waals surface area contributed by atoms with Gasteiger partial charge in [-0.2, -0.15) is 27.8 Å². The Morgan fingerprint density at radius 1 is 0.917 bits per heavy atom. The van der Waals surface area contributed by atoms with Gasteiger partial charge in [0.2, 0.25) is 0 Å². The third kappa shape index (κ3) is 5.01. The quantitative estimate of drug-likeness (QED) is 0.486. The second kappa shape index (κ2) is 7.73. The Balaban J connectivity index is 1.67. The smallest absolute Gasteiger partial charge is 0.258 e. The molecule has 0 amide bonds. The lowest BCUT2D eigenvalue weighted by molar-refractivity contribution is -0.0371. The molecule has 0 fully saturated rings. The molecule has 9 nitrogen and oxygen atoms in total. The number of nitrogens with one attached hydrogen (secondary N) is 2. The van der Waals surface area contributed by atoms with E-state index in [4.69, 9.17) is 0 Å². The predicted molar refractivity (Wildman–Crippen MR) is 69.3 cm³/mol. The molecule has 2 aromatic rings. The Morgan fingerprint density at radius 3 is 1.67 bits per heavy atom. The maximum atomic E-state index is 13.5. The molecule has 2 rings (SSSR count). The summed E-state index contributed by atoms with van der Waals surface area (Å²) in [5, 5.41) is 10.6. The first-order valence-corrected chi connectivity index (χ1v) is 7.61. The zero-order valence-electron chi connectivity index (χ0n) is 12.0. The van der Waals surface area contributed by atoms with Gasteiger partial charge in [0.15, 0.2) is 11.6 Å². The molecule has 0 aliphatic heterocycles. The van der Waals surface area contributed by atoms with Crippen LogP contribution in [0.3, 0.4) is 0 Å². The summed E-state index contributed by atoms with van der Waals surface area (Å²) in [6.07, 6.45) is 0.173. The minimum atomic E-state index is -3.36. The number of H-pyrrole nitrogens is 2. The number of hydrogen-bond donors (Lipinski definition) is 2. The number of hydrogen-bond acceptors (Lipinski definition) is 7. The molecule has 0 radical (unpaired) electrons. The van der Waals surface area contributed by atoms with E-state index >= 15 is 0 Å². The van der Waals surface area contributed by atoms with Crippen LogP contribution in [0, 0.1) is 0 Å². The number of alkyl halides is 4. The molecule has 0 saturated carbocycles. The van der Waals surface area contributed by atoms with E-state index in [1.54, 1.807) is 0 Å². The molecule has 0 aliphatic carbocycles. The van der Waals surface area contributed by atoms with Gasteiger partial charge < -0.3 is 0 Å². The van der Waals surface area contributed by atoms with Crippen LogP contribution >= 0.6 is 8.25 Å². The van der Waals surface area contributed by atoms with Crippen molar-refractivity contribution in [2.75, 3.05) is 13.2 Å². The molecule has 2 aromatic heterocycles. The summed E-state index contributed by atoms with van der Waals surface area (Å²) in [7, 11) is -2.81. The van der Waals surface area contributed by atoms with E-state index in [1.165, 1.54) is 0 Å². The van der Waals surface area contributed by atoms with Crippen LogP contribution in [0.4, 0.5) is 17.6 Å². The van der Waals surface area contributed by atoms with Crippen molar-refractivity contribution < 1.29 is 31.2 Å². The number of nitrogens with zero attached hydrogens (tertiary/aromatic N) is 4. The summed E-state index contributed by atoms with van der Waals surface area (Å²) in [5.41, 5.74) is 0. The van der Waals surface area contributed by atoms with Crippen molar-refractivity contribution in [3.63, 3.8) is 0 Å². The Hall–Kier alpha value is -1.98. The average Bonchev–Trinajstić information content (AvgIpc) is 3.21. The van der Waals surface area contributed by atoms with E-state index in [1.807, 2.05) is 10.2 Å². The monoisotopic (exact) mass is 371 g/mol. The fourth-order valence-corrected chi connectivity index (χ4v) is 2.09. The van der Waals surface area contributed by atoms with Crippen molar-refractivity contribution >= 4 is 8.25 Å². The van der Waals surface area contributed by atoms with Gasteiger partial charge in [0.25, 0.3) is 0 Å². The first kappa shape index (κ1) is 18.4. The first-order valence-electron chi connectivity index (χ1n) is 6.52. The summed E-state index contributed by atoms with van der Waals surface area (Å²) in [4.78, 5) is 6.63. The van der Waals surface area contributed by atoms with E-state index in [0.29, 0.717) is 0 Å². The highest BCUT2D eigenvalue weighted by molar-refractivity contribution is 7.33. The van der Waals surface area contributed by atoms with Crippen LogP contribution < -0.4 is 0 Å². The van der Waals surface area contributed by atoms with Crippen molar-refractivity contribution in [2.45, 2.75) is 24.7 Å². The third-order valence-corrected chi connectivity index (χ3v) is 3.54. The minimum absolute atomic E-state index is 0.624. The second-order valence-corrected chi connectivity index (χ2v) is 5.43. The maximum Gasteiger partial charge on any atom is 0.697 e. The van der Waals surface area contributed by atoms with Gasteiger partial charge in [-0.25, -0.2) is 9.97 Å². The largest absolute Gasteiger partial charge is 0.697 e. The van der Waals surface area contributed by atoms with Gasteiger partial charge in [0.1, 0.15) is 25.9 Å². The highest BCUT2D eigenvalue weighted by Gasteiger charge is 2.38. The molecule has 0 bridgehead atoms. The fourth-order valence-electron chi connectivity index (χ4n) is 1.53. The molecule has 0 aliphatic rings. The summed E-state index contributed by atoms with van der Waals surface area (Å²) in [6.45, 7) is -1.25. The molecule has 2 heterocycles. The molecule has 0 unspecified atom stereocenters. The molecule has 0 spiro atoms. The Labute approximate surface area is 133 Å². The van der Waals surface area contributed by atoms with E-state index in [0.717, 1.165) is 12.7 Å². The predicted octanol–water partition coefficient (Wildman–Crippen LogP) is 2.28. The Kier molecular flexibility index (Phi) is 5.91. The van der Waals surface area contributed by atoms with Gasteiger partial charge >= 0.3 is 20.1 Å². The highest BCUT2D eigenvalue weighted by Crippen LogP contribution is 2.33. The lowest BCUT2D eigenvalue weighted by atomic mass is 10.2. The Morgan fingerprint density at radius 2 is 1.33 bits per heavy atom. The number of aromatic amines is 2.